The van der Waals surface area contributed by atoms with Gasteiger partial charge in [0.25, 0.3) is 10.0 Å². The first kappa shape index (κ1) is 18.3. The lowest BCUT2D eigenvalue weighted by molar-refractivity contribution is 0.0537. The quantitative estimate of drug-likeness (QED) is 0.496. The number of fused-ring (bicyclic) bond motifs is 3. The first-order chi connectivity index (χ1) is 13.2. The molecule has 0 radical (unpaired) electrons. The molecule has 6 nitrogen and oxygen atoms in total. The molecule has 28 heavy (non-hydrogen) atoms. The summed E-state index contributed by atoms with van der Waals surface area (Å²) < 4.78 is 34.7. The zero-order chi connectivity index (χ0) is 20.1. The number of para-hydroxylation sites is 1. The summed E-state index contributed by atoms with van der Waals surface area (Å²) in [5, 5.41) is 1.42. The van der Waals surface area contributed by atoms with Crippen LogP contribution >= 0.6 is 0 Å². The van der Waals surface area contributed by atoms with Crippen molar-refractivity contribution in [3.8, 4) is 0 Å². The average molecular weight is 396 g/mol. The van der Waals surface area contributed by atoms with Crippen molar-refractivity contribution >= 4 is 37.9 Å². The Hall–Kier alpha value is -3.06. The van der Waals surface area contributed by atoms with Crippen LogP contribution in [0.5, 0.6) is 0 Å². The topological polar surface area (TPSA) is 70.3 Å². The Kier molecular flexibility index (Phi) is 4.08. The maximum atomic E-state index is 13.4. The van der Waals surface area contributed by atoms with Crippen LogP contribution in [-0.4, -0.2) is 28.7 Å². The van der Waals surface area contributed by atoms with Gasteiger partial charge < -0.3 is 4.74 Å². The second-order valence-electron chi connectivity index (χ2n) is 7.54. The molecule has 0 aliphatic rings. The van der Waals surface area contributed by atoms with Gasteiger partial charge in [-0.3, -0.25) is 4.57 Å². The number of rotatable bonds is 2. The van der Waals surface area contributed by atoms with Gasteiger partial charge in [-0.2, -0.15) is 0 Å². The van der Waals surface area contributed by atoms with Crippen LogP contribution < -0.4 is 0 Å². The number of carbonyl (C=O) groups excluding carboxylic acids is 1. The molecule has 0 aliphatic carbocycles. The molecule has 0 saturated carbocycles. The van der Waals surface area contributed by atoms with Gasteiger partial charge >= 0.3 is 6.09 Å². The fourth-order valence-electron chi connectivity index (χ4n) is 3.20. The van der Waals surface area contributed by atoms with Crippen molar-refractivity contribution in [2.45, 2.75) is 31.3 Å². The molecule has 2 aromatic carbocycles. The lowest BCUT2D eigenvalue weighted by Crippen LogP contribution is -2.26. The Morgan fingerprint density at radius 2 is 1.50 bits per heavy atom. The standard InChI is InChI=1S/C21H20N2O4S/c1-21(2,3)27-20(24)22-13-17-16-11-7-8-12-18(16)23(19(17)14-22)28(25,26)15-9-5-4-6-10-15/h4-14H,1-3H3. The van der Waals surface area contributed by atoms with Crippen molar-refractivity contribution < 1.29 is 17.9 Å². The van der Waals surface area contributed by atoms with E-state index in [2.05, 4.69) is 0 Å². The summed E-state index contributed by atoms with van der Waals surface area (Å²) in [6.07, 6.45) is 2.56. The highest BCUT2D eigenvalue weighted by Crippen LogP contribution is 2.33. The van der Waals surface area contributed by atoms with Gasteiger partial charge in [0.1, 0.15) is 5.60 Å². The monoisotopic (exact) mass is 396 g/mol. The van der Waals surface area contributed by atoms with Crippen LogP contribution in [0.2, 0.25) is 0 Å². The van der Waals surface area contributed by atoms with Gasteiger partial charge in [-0.15, -0.1) is 0 Å². The van der Waals surface area contributed by atoms with Gasteiger partial charge in [0, 0.05) is 23.2 Å². The lowest BCUT2D eigenvalue weighted by atomic mass is 10.2. The third kappa shape index (κ3) is 2.97. The van der Waals surface area contributed by atoms with Crippen molar-refractivity contribution in [1.82, 2.24) is 8.54 Å². The third-order valence-electron chi connectivity index (χ3n) is 4.32. The number of carbonyl (C=O) groups is 1. The van der Waals surface area contributed by atoms with E-state index in [1.807, 2.05) is 12.1 Å². The predicted octanol–water partition coefficient (Wildman–Crippen LogP) is 4.62. The number of hydrogen-bond acceptors (Lipinski definition) is 4. The minimum atomic E-state index is -3.85. The molecule has 0 N–H and O–H groups in total. The molecule has 2 aromatic heterocycles. The molecule has 4 aromatic rings. The average Bonchev–Trinajstić information content (AvgIpc) is 3.18. The maximum Gasteiger partial charge on any atom is 0.418 e. The minimum absolute atomic E-state index is 0.183. The second-order valence-corrected chi connectivity index (χ2v) is 9.33. The number of hydrogen-bond donors (Lipinski definition) is 0. The van der Waals surface area contributed by atoms with E-state index >= 15 is 0 Å². The molecule has 2 heterocycles. The van der Waals surface area contributed by atoms with Crippen molar-refractivity contribution in [1.29, 1.82) is 0 Å². The molecule has 0 saturated heterocycles. The molecule has 4 rings (SSSR count). The summed E-state index contributed by atoms with van der Waals surface area (Å²) in [5.41, 5.74) is 0.336. The van der Waals surface area contributed by atoms with E-state index in [1.165, 1.54) is 14.7 Å². The van der Waals surface area contributed by atoms with E-state index < -0.39 is 21.7 Å². The predicted molar refractivity (Wildman–Crippen MR) is 108 cm³/mol. The Morgan fingerprint density at radius 3 is 2.18 bits per heavy atom. The number of benzene rings is 2. The molecule has 7 heteroatoms. The Balaban J connectivity index is 1.98. The highest BCUT2D eigenvalue weighted by atomic mass is 32.2. The molecule has 0 bridgehead atoms. The molecule has 0 spiro atoms. The van der Waals surface area contributed by atoms with E-state index in [0.29, 0.717) is 16.4 Å². The lowest BCUT2D eigenvalue weighted by Gasteiger charge is -2.19. The van der Waals surface area contributed by atoms with E-state index in [0.717, 1.165) is 5.39 Å². The van der Waals surface area contributed by atoms with Gasteiger partial charge in [-0.25, -0.2) is 17.2 Å². The first-order valence-corrected chi connectivity index (χ1v) is 10.3. The summed E-state index contributed by atoms with van der Waals surface area (Å²) in [5.74, 6) is 0. The number of ether oxygens (including phenoxy) is 1. The molecule has 144 valence electrons. The van der Waals surface area contributed by atoms with Crippen LogP contribution in [-0.2, 0) is 14.8 Å². The fraction of sp³-hybridized carbons (Fsp3) is 0.190. The normalized spacial score (nSPS) is 12.5. The highest BCUT2D eigenvalue weighted by molar-refractivity contribution is 7.90. The summed E-state index contributed by atoms with van der Waals surface area (Å²) in [7, 11) is -3.85. The smallest absolute Gasteiger partial charge is 0.418 e. The zero-order valence-electron chi connectivity index (χ0n) is 15.8. The van der Waals surface area contributed by atoms with Gasteiger partial charge in [0.2, 0.25) is 0 Å². The van der Waals surface area contributed by atoms with Crippen molar-refractivity contribution in [3.63, 3.8) is 0 Å². The molecule has 0 aliphatic heterocycles. The zero-order valence-corrected chi connectivity index (χ0v) is 16.6. The first-order valence-electron chi connectivity index (χ1n) is 8.84. The molecular weight excluding hydrogens is 376 g/mol. The third-order valence-corrected chi connectivity index (χ3v) is 6.07. The fourth-order valence-corrected chi connectivity index (χ4v) is 4.73. The largest absolute Gasteiger partial charge is 0.443 e. The summed E-state index contributed by atoms with van der Waals surface area (Å²) >= 11 is 0. The summed E-state index contributed by atoms with van der Waals surface area (Å²) in [6.45, 7) is 5.34. The Labute approximate surface area is 163 Å². The van der Waals surface area contributed by atoms with E-state index in [9.17, 15) is 13.2 Å². The Bertz CT molecular complexity index is 1290. The molecule has 0 unspecified atom stereocenters. The molecular formula is C21H20N2O4S. The van der Waals surface area contributed by atoms with E-state index in [-0.39, 0.29) is 4.90 Å². The van der Waals surface area contributed by atoms with Crippen molar-refractivity contribution in [3.05, 3.63) is 67.0 Å². The van der Waals surface area contributed by atoms with Crippen LogP contribution in [0, 0.1) is 0 Å². The number of nitrogens with zero attached hydrogens (tertiary/aromatic N) is 2. The summed E-state index contributed by atoms with van der Waals surface area (Å²) in [6, 6.07) is 15.5. The van der Waals surface area contributed by atoms with E-state index in [4.69, 9.17) is 4.74 Å². The van der Waals surface area contributed by atoms with Crippen LogP contribution in [0.25, 0.3) is 21.8 Å². The van der Waals surface area contributed by atoms with Crippen LogP contribution in [0.3, 0.4) is 0 Å². The number of aromatic nitrogens is 2. The molecule has 0 amide bonds. The Morgan fingerprint density at radius 1 is 0.857 bits per heavy atom. The van der Waals surface area contributed by atoms with Gasteiger partial charge in [0.15, 0.2) is 0 Å². The minimum Gasteiger partial charge on any atom is -0.443 e. The SMILES string of the molecule is CC(C)(C)OC(=O)n1cc2c3ccccc3n(S(=O)(=O)c3ccccc3)c2c1. The maximum absolute atomic E-state index is 13.4. The second kappa shape index (κ2) is 6.24. The van der Waals surface area contributed by atoms with Gasteiger partial charge in [-0.1, -0.05) is 36.4 Å². The molecule has 0 atom stereocenters. The van der Waals surface area contributed by atoms with E-state index in [1.54, 1.807) is 69.4 Å². The van der Waals surface area contributed by atoms with Crippen LogP contribution in [0.1, 0.15) is 20.8 Å². The molecule has 0 fully saturated rings. The van der Waals surface area contributed by atoms with Crippen LogP contribution in [0.15, 0.2) is 71.9 Å². The van der Waals surface area contributed by atoms with Crippen molar-refractivity contribution in [2.75, 3.05) is 0 Å². The van der Waals surface area contributed by atoms with Gasteiger partial charge in [-0.05, 0) is 39.0 Å². The highest BCUT2D eigenvalue weighted by Gasteiger charge is 2.26. The van der Waals surface area contributed by atoms with Gasteiger partial charge in [0.05, 0.1) is 15.9 Å². The van der Waals surface area contributed by atoms with Crippen molar-refractivity contribution in [2.24, 2.45) is 0 Å². The summed E-state index contributed by atoms with van der Waals surface area (Å²) in [4.78, 5) is 12.7. The van der Waals surface area contributed by atoms with Crippen LogP contribution in [0.4, 0.5) is 4.79 Å².